The monoisotopic (exact) mass is 327 g/mol. The normalized spacial score (nSPS) is 10.5. The molecule has 2 heterocycles. The number of carbonyl (C=O) groups is 1. The lowest BCUT2D eigenvalue weighted by Crippen LogP contribution is -2.32. The van der Waals surface area contributed by atoms with Crippen LogP contribution in [-0.2, 0) is 11.3 Å². The van der Waals surface area contributed by atoms with E-state index in [4.69, 9.17) is 0 Å². The summed E-state index contributed by atoms with van der Waals surface area (Å²) in [4.78, 5) is 28.4. The molecule has 2 rings (SSSR count). The first-order chi connectivity index (χ1) is 8.58. The average molecular weight is 328 g/mol. The highest BCUT2D eigenvalue weighted by molar-refractivity contribution is 9.11. The Morgan fingerprint density at radius 2 is 2.39 bits per heavy atom. The van der Waals surface area contributed by atoms with Gasteiger partial charge in [-0.2, -0.15) is 0 Å². The maximum Gasteiger partial charge on any atom is 0.262 e. The number of carbonyl (C=O) groups excluding carboxylic acids is 1. The first kappa shape index (κ1) is 13.0. The van der Waals surface area contributed by atoms with E-state index in [1.54, 1.807) is 11.4 Å². The molecule has 1 N–H and O–H groups in total. The van der Waals surface area contributed by atoms with Crippen molar-refractivity contribution >= 4 is 43.4 Å². The van der Waals surface area contributed by atoms with E-state index < -0.39 is 0 Å². The van der Waals surface area contributed by atoms with Crippen LogP contribution in [0, 0.1) is 0 Å². The van der Waals surface area contributed by atoms with Crippen molar-refractivity contribution in [1.82, 2.24) is 14.9 Å². The zero-order valence-electron chi connectivity index (χ0n) is 9.35. The van der Waals surface area contributed by atoms with E-state index in [0.29, 0.717) is 21.2 Å². The van der Waals surface area contributed by atoms with Gasteiger partial charge in [-0.25, -0.2) is 4.98 Å². The fourth-order valence-corrected chi connectivity index (χ4v) is 2.27. The Bertz CT molecular complexity index is 662. The number of hydrogen-bond donors (Lipinski definition) is 1. The number of nitrogens with one attached hydrogen (secondary N) is 1. The highest BCUT2D eigenvalue weighted by atomic mass is 79.9. The van der Waals surface area contributed by atoms with Crippen LogP contribution in [0.1, 0.15) is 0 Å². The molecule has 0 spiro atoms. The zero-order chi connectivity index (χ0) is 13.1. The van der Waals surface area contributed by atoms with Gasteiger partial charge in [-0.05, 0) is 11.4 Å². The van der Waals surface area contributed by atoms with Gasteiger partial charge in [0.15, 0.2) is 0 Å². The molecule has 18 heavy (non-hydrogen) atoms. The standard InChI is InChI=1S/C11H10BrN3O2S/c1-7(12)4-13-9(16)5-15-6-14-10-8(11(15)17)2-3-18-10/h2-3,6H,1,4-5H2,(H,13,16). The van der Waals surface area contributed by atoms with Crippen LogP contribution in [0.25, 0.3) is 10.2 Å². The molecule has 0 saturated carbocycles. The molecular formula is C11H10BrN3O2S. The van der Waals surface area contributed by atoms with Gasteiger partial charge in [-0.3, -0.25) is 14.2 Å². The second-order valence-corrected chi connectivity index (χ2v) is 5.63. The first-order valence-corrected chi connectivity index (χ1v) is 6.78. The Hall–Kier alpha value is -1.47. The van der Waals surface area contributed by atoms with Gasteiger partial charge >= 0.3 is 0 Å². The molecule has 0 aliphatic carbocycles. The molecule has 0 aromatic carbocycles. The SMILES string of the molecule is C=C(Br)CNC(=O)Cn1cnc2sccc2c1=O. The molecule has 2 aromatic heterocycles. The minimum absolute atomic E-state index is 0.0438. The zero-order valence-corrected chi connectivity index (χ0v) is 11.8. The lowest BCUT2D eigenvalue weighted by molar-refractivity contribution is -0.121. The van der Waals surface area contributed by atoms with Crippen LogP contribution in [0.15, 0.2) is 33.6 Å². The van der Waals surface area contributed by atoms with Crippen molar-refractivity contribution in [2.24, 2.45) is 0 Å². The van der Waals surface area contributed by atoms with Gasteiger partial charge < -0.3 is 5.32 Å². The maximum absolute atomic E-state index is 12.0. The summed E-state index contributed by atoms with van der Waals surface area (Å²) in [6.45, 7) is 3.90. The molecule has 2 aromatic rings. The summed E-state index contributed by atoms with van der Waals surface area (Å²) in [5, 5.41) is 4.98. The van der Waals surface area contributed by atoms with E-state index >= 15 is 0 Å². The molecule has 0 fully saturated rings. The predicted octanol–water partition coefficient (Wildman–Crippen LogP) is 1.48. The van der Waals surface area contributed by atoms with Crippen molar-refractivity contribution in [3.05, 3.63) is 39.2 Å². The lowest BCUT2D eigenvalue weighted by Gasteiger charge is -2.06. The van der Waals surface area contributed by atoms with E-state index in [0.717, 1.165) is 0 Å². The van der Waals surface area contributed by atoms with Crippen molar-refractivity contribution in [3.8, 4) is 0 Å². The molecule has 1 amide bonds. The number of fused-ring (bicyclic) bond motifs is 1. The second kappa shape index (κ2) is 5.45. The molecule has 0 aliphatic rings. The number of halogens is 1. The fraction of sp³-hybridized carbons (Fsp3) is 0.182. The summed E-state index contributed by atoms with van der Waals surface area (Å²) in [5.41, 5.74) is -0.200. The van der Waals surface area contributed by atoms with Crippen LogP contribution >= 0.6 is 27.3 Å². The van der Waals surface area contributed by atoms with Crippen molar-refractivity contribution < 1.29 is 4.79 Å². The highest BCUT2D eigenvalue weighted by Gasteiger charge is 2.08. The second-order valence-electron chi connectivity index (χ2n) is 3.61. The molecule has 7 heteroatoms. The van der Waals surface area contributed by atoms with E-state index in [1.165, 1.54) is 22.2 Å². The summed E-state index contributed by atoms with van der Waals surface area (Å²) in [5.74, 6) is -0.255. The predicted molar refractivity (Wildman–Crippen MR) is 75.0 cm³/mol. The van der Waals surface area contributed by atoms with Crippen LogP contribution in [-0.4, -0.2) is 22.0 Å². The van der Waals surface area contributed by atoms with Gasteiger partial charge in [0.2, 0.25) is 5.91 Å². The Morgan fingerprint density at radius 1 is 1.61 bits per heavy atom. The van der Waals surface area contributed by atoms with E-state index in [9.17, 15) is 9.59 Å². The molecule has 5 nitrogen and oxygen atoms in total. The number of rotatable bonds is 4. The molecule has 0 aliphatic heterocycles. The van der Waals surface area contributed by atoms with Gasteiger partial charge in [0, 0.05) is 11.0 Å². The maximum atomic E-state index is 12.0. The van der Waals surface area contributed by atoms with Crippen LogP contribution in [0.4, 0.5) is 0 Å². The number of thiophene rings is 1. The van der Waals surface area contributed by atoms with Gasteiger partial charge in [-0.15, -0.1) is 11.3 Å². The van der Waals surface area contributed by atoms with E-state index in [2.05, 4.69) is 32.8 Å². The molecular weight excluding hydrogens is 318 g/mol. The fourth-order valence-electron chi connectivity index (χ4n) is 1.41. The Morgan fingerprint density at radius 3 is 3.11 bits per heavy atom. The quantitative estimate of drug-likeness (QED) is 0.925. The smallest absolute Gasteiger partial charge is 0.262 e. The van der Waals surface area contributed by atoms with Gasteiger partial charge in [0.25, 0.3) is 5.56 Å². The Labute approximate surface area is 115 Å². The average Bonchev–Trinajstić information content (AvgIpc) is 2.79. The molecule has 0 bridgehead atoms. The van der Waals surface area contributed by atoms with Crippen LogP contribution in [0.2, 0.25) is 0 Å². The summed E-state index contributed by atoms with van der Waals surface area (Å²) in [6.07, 6.45) is 1.39. The van der Waals surface area contributed by atoms with Crippen LogP contribution in [0.5, 0.6) is 0 Å². The van der Waals surface area contributed by atoms with E-state index in [1.807, 2.05) is 0 Å². The minimum atomic E-state index is -0.255. The van der Waals surface area contributed by atoms with Crippen molar-refractivity contribution in [2.75, 3.05) is 6.54 Å². The summed E-state index contributed by atoms with van der Waals surface area (Å²) >= 11 is 4.54. The molecule has 94 valence electrons. The molecule has 0 saturated heterocycles. The van der Waals surface area contributed by atoms with Crippen molar-refractivity contribution in [3.63, 3.8) is 0 Å². The van der Waals surface area contributed by atoms with Gasteiger partial charge in [0.05, 0.1) is 11.7 Å². The number of nitrogens with zero attached hydrogens (tertiary/aromatic N) is 2. The third-order valence-corrected chi connectivity index (χ3v) is 3.34. The largest absolute Gasteiger partial charge is 0.350 e. The Balaban J connectivity index is 2.16. The van der Waals surface area contributed by atoms with E-state index in [-0.39, 0.29) is 18.0 Å². The first-order valence-electron chi connectivity index (χ1n) is 5.10. The summed E-state index contributed by atoms with van der Waals surface area (Å²) in [7, 11) is 0. The number of amides is 1. The van der Waals surface area contributed by atoms with Crippen molar-refractivity contribution in [2.45, 2.75) is 6.54 Å². The number of aromatic nitrogens is 2. The Kier molecular flexibility index (Phi) is 3.93. The third kappa shape index (κ3) is 2.85. The minimum Gasteiger partial charge on any atom is -0.350 e. The van der Waals surface area contributed by atoms with Gasteiger partial charge in [-0.1, -0.05) is 22.5 Å². The van der Waals surface area contributed by atoms with Crippen molar-refractivity contribution in [1.29, 1.82) is 0 Å². The molecule has 0 radical (unpaired) electrons. The number of hydrogen-bond acceptors (Lipinski definition) is 4. The summed E-state index contributed by atoms with van der Waals surface area (Å²) in [6, 6.07) is 1.71. The van der Waals surface area contributed by atoms with Crippen LogP contribution < -0.4 is 10.9 Å². The van der Waals surface area contributed by atoms with Gasteiger partial charge in [0.1, 0.15) is 11.4 Å². The third-order valence-electron chi connectivity index (χ3n) is 2.24. The topological polar surface area (TPSA) is 64.0 Å². The van der Waals surface area contributed by atoms with Crippen LogP contribution in [0.3, 0.4) is 0 Å². The lowest BCUT2D eigenvalue weighted by atomic mass is 10.4. The summed E-state index contributed by atoms with van der Waals surface area (Å²) < 4.78 is 1.97. The molecule has 0 atom stereocenters. The highest BCUT2D eigenvalue weighted by Crippen LogP contribution is 2.13. The molecule has 0 unspecified atom stereocenters.